The Labute approximate surface area is 125 Å². The monoisotopic (exact) mass is 334 g/mol. The van der Waals surface area contributed by atoms with Crippen LogP contribution in [0.4, 0.5) is 0 Å². The summed E-state index contributed by atoms with van der Waals surface area (Å²) in [6.07, 6.45) is 0. The van der Waals surface area contributed by atoms with Crippen LogP contribution in [0.15, 0.2) is 46.9 Å². The van der Waals surface area contributed by atoms with Crippen molar-refractivity contribution >= 4 is 21.8 Å². The average molecular weight is 335 g/mol. The molecule has 4 N–H and O–H groups in total. The van der Waals surface area contributed by atoms with Crippen molar-refractivity contribution in [3.8, 4) is 11.5 Å². The molecule has 0 aromatic heterocycles. The largest absolute Gasteiger partial charge is 0.456 e. The topological polar surface area (TPSA) is 78.3 Å². The van der Waals surface area contributed by atoms with Gasteiger partial charge in [-0.1, -0.05) is 6.07 Å². The molecule has 0 saturated heterocycles. The van der Waals surface area contributed by atoms with Crippen LogP contribution in [0.1, 0.15) is 28.9 Å². The van der Waals surface area contributed by atoms with Crippen molar-refractivity contribution in [2.24, 2.45) is 11.5 Å². The predicted octanol–water partition coefficient (Wildman–Crippen LogP) is 3.36. The molecule has 0 radical (unpaired) electrons. The molecule has 0 fully saturated rings. The molecule has 0 spiro atoms. The third-order valence-corrected chi connectivity index (χ3v) is 3.47. The fourth-order valence-corrected chi connectivity index (χ4v) is 2.17. The van der Waals surface area contributed by atoms with Gasteiger partial charge in [0.05, 0.1) is 4.47 Å². The Bertz CT molecular complexity index is 624. The Balaban J connectivity index is 2.19. The van der Waals surface area contributed by atoms with E-state index in [2.05, 4.69) is 15.9 Å². The van der Waals surface area contributed by atoms with Crippen LogP contribution in [0.5, 0.6) is 11.5 Å². The van der Waals surface area contributed by atoms with Gasteiger partial charge in [0, 0.05) is 11.6 Å². The normalized spacial score (nSPS) is 11.9. The second-order valence-corrected chi connectivity index (χ2v) is 5.32. The zero-order valence-corrected chi connectivity index (χ0v) is 12.6. The summed E-state index contributed by atoms with van der Waals surface area (Å²) in [5, 5.41) is 0. The van der Waals surface area contributed by atoms with Crippen molar-refractivity contribution in [3.05, 3.63) is 58.1 Å². The number of benzene rings is 2. The fourth-order valence-electron chi connectivity index (χ4n) is 1.70. The molecule has 1 amide bonds. The number of nitrogens with two attached hydrogens (primary N) is 2. The first kappa shape index (κ1) is 14.6. The van der Waals surface area contributed by atoms with E-state index in [1.165, 1.54) is 0 Å². The van der Waals surface area contributed by atoms with Crippen LogP contribution in [0.3, 0.4) is 0 Å². The molecule has 0 bridgehead atoms. The quantitative estimate of drug-likeness (QED) is 0.899. The average Bonchev–Trinajstić information content (AvgIpc) is 2.41. The molecule has 0 aliphatic rings. The van der Waals surface area contributed by atoms with Gasteiger partial charge in [0.15, 0.2) is 0 Å². The third kappa shape index (κ3) is 3.37. The molecule has 0 aliphatic carbocycles. The van der Waals surface area contributed by atoms with E-state index in [-0.39, 0.29) is 6.04 Å². The van der Waals surface area contributed by atoms with Gasteiger partial charge < -0.3 is 16.2 Å². The molecule has 2 rings (SSSR count). The van der Waals surface area contributed by atoms with Gasteiger partial charge in [-0.3, -0.25) is 4.79 Å². The highest BCUT2D eigenvalue weighted by Gasteiger charge is 2.07. The summed E-state index contributed by atoms with van der Waals surface area (Å²) in [7, 11) is 0. The van der Waals surface area contributed by atoms with E-state index in [1.54, 1.807) is 24.3 Å². The summed E-state index contributed by atoms with van der Waals surface area (Å²) in [5.74, 6) is 0.851. The molecule has 5 heteroatoms. The van der Waals surface area contributed by atoms with Crippen LogP contribution in [0.25, 0.3) is 0 Å². The SMILES string of the molecule is C[C@@H](N)c1ccc(Oc2ccc(C(N)=O)cc2)c(Br)c1. The number of hydrogen-bond donors (Lipinski definition) is 2. The minimum absolute atomic E-state index is 0.0322. The maximum Gasteiger partial charge on any atom is 0.248 e. The molecular weight excluding hydrogens is 320 g/mol. The highest BCUT2D eigenvalue weighted by Crippen LogP contribution is 2.31. The van der Waals surface area contributed by atoms with Gasteiger partial charge in [-0.05, 0) is 64.8 Å². The van der Waals surface area contributed by atoms with Gasteiger partial charge in [0.25, 0.3) is 0 Å². The van der Waals surface area contributed by atoms with Gasteiger partial charge in [-0.15, -0.1) is 0 Å². The van der Waals surface area contributed by atoms with E-state index >= 15 is 0 Å². The number of carbonyl (C=O) groups excluding carboxylic acids is 1. The number of primary amides is 1. The first-order valence-corrected chi connectivity index (χ1v) is 6.89. The number of carbonyl (C=O) groups is 1. The summed E-state index contributed by atoms with van der Waals surface area (Å²) in [4.78, 5) is 11.0. The molecule has 0 unspecified atom stereocenters. The van der Waals surface area contributed by atoms with E-state index in [9.17, 15) is 4.79 Å². The Hall–Kier alpha value is -1.85. The zero-order valence-electron chi connectivity index (χ0n) is 11.0. The van der Waals surface area contributed by atoms with Crippen LogP contribution in [-0.2, 0) is 0 Å². The van der Waals surface area contributed by atoms with E-state index in [0.29, 0.717) is 17.1 Å². The maximum atomic E-state index is 11.0. The lowest BCUT2D eigenvalue weighted by Crippen LogP contribution is -2.10. The maximum absolute atomic E-state index is 11.0. The van der Waals surface area contributed by atoms with E-state index in [1.807, 2.05) is 25.1 Å². The fraction of sp³-hybridized carbons (Fsp3) is 0.133. The minimum atomic E-state index is -0.459. The van der Waals surface area contributed by atoms with Crippen molar-refractivity contribution in [2.75, 3.05) is 0 Å². The summed E-state index contributed by atoms with van der Waals surface area (Å²) >= 11 is 3.46. The summed E-state index contributed by atoms with van der Waals surface area (Å²) in [6, 6.07) is 12.3. The Morgan fingerprint density at radius 1 is 1.20 bits per heavy atom. The van der Waals surface area contributed by atoms with Crippen molar-refractivity contribution < 1.29 is 9.53 Å². The first-order chi connectivity index (χ1) is 9.47. The lowest BCUT2D eigenvalue weighted by molar-refractivity contribution is 0.100. The first-order valence-electron chi connectivity index (χ1n) is 6.10. The van der Waals surface area contributed by atoms with Crippen LogP contribution in [0.2, 0.25) is 0 Å². The summed E-state index contributed by atoms with van der Waals surface area (Å²) in [5.41, 5.74) is 12.5. The molecule has 104 valence electrons. The number of amides is 1. The molecule has 2 aromatic carbocycles. The zero-order chi connectivity index (χ0) is 14.7. The lowest BCUT2D eigenvalue weighted by Gasteiger charge is -2.11. The van der Waals surface area contributed by atoms with Gasteiger partial charge in [0.1, 0.15) is 11.5 Å². The predicted molar refractivity (Wildman–Crippen MR) is 81.8 cm³/mol. The molecule has 2 aromatic rings. The van der Waals surface area contributed by atoms with E-state index in [4.69, 9.17) is 16.2 Å². The van der Waals surface area contributed by atoms with Crippen molar-refractivity contribution in [3.63, 3.8) is 0 Å². The summed E-state index contributed by atoms with van der Waals surface area (Å²) < 4.78 is 6.56. The number of hydrogen-bond acceptors (Lipinski definition) is 3. The molecule has 4 nitrogen and oxygen atoms in total. The molecular formula is C15H15BrN2O2. The van der Waals surface area contributed by atoms with E-state index < -0.39 is 5.91 Å². The van der Waals surface area contributed by atoms with Crippen molar-refractivity contribution in [2.45, 2.75) is 13.0 Å². The van der Waals surface area contributed by atoms with Crippen molar-refractivity contribution in [1.82, 2.24) is 0 Å². The smallest absolute Gasteiger partial charge is 0.248 e. The Morgan fingerprint density at radius 3 is 2.35 bits per heavy atom. The number of halogens is 1. The Morgan fingerprint density at radius 2 is 1.85 bits per heavy atom. The molecule has 0 heterocycles. The molecule has 20 heavy (non-hydrogen) atoms. The standard InChI is InChI=1S/C15H15BrN2O2/c1-9(17)11-4-7-14(13(16)8-11)20-12-5-2-10(3-6-12)15(18)19/h2-9H,17H2,1H3,(H2,18,19)/t9-/m1/s1. The minimum Gasteiger partial charge on any atom is -0.456 e. The van der Waals surface area contributed by atoms with Gasteiger partial charge in [-0.25, -0.2) is 0 Å². The molecule has 0 saturated carbocycles. The summed E-state index contributed by atoms with van der Waals surface area (Å²) in [6.45, 7) is 1.92. The highest BCUT2D eigenvalue weighted by atomic mass is 79.9. The van der Waals surface area contributed by atoms with Gasteiger partial charge >= 0.3 is 0 Å². The van der Waals surface area contributed by atoms with Crippen molar-refractivity contribution in [1.29, 1.82) is 0 Å². The van der Waals surface area contributed by atoms with Crippen LogP contribution >= 0.6 is 15.9 Å². The Kier molecular flexibility index (Phi) is 4.42. The lowest BCUT2D eigenvalue weighted by atomic mass is 10.1. The van der Waals surface area contributed by atoms with Gasteiger partial charge in [0.2, 0.25) is 5.91 Å². The molecule has 0 aliphatic heterocycles. The molecule has 1 atom stereocenters. The van der Waals surface area contributed by atoms with Crippen LogP contribution < -0.4 is 16.2 Å². The van der Waals surface area contributed by atoms with Crippen LogP contribution in [0, 0.1) is 0 Å². The van der Waals surface area contributed by atoms with E-state index in [0.717, 1.165) is 10.0 Å². The highest BCUT2D eigenvalue weighted by molar-refractivity contribution is 9.10. The number of ether oxygens (including phenoxy) is 1. The second kappa shape index (κ2) is 6.07. The third-order valence-electron chi connectivity index (χ3n) is 2.85. The number of rotatable bonds is 4. The second-order valence-electron chi connectivity index (χ2n) is 4.47. The van der Waals surface area contributed by atoms with Gasteiger partial charge in [-0.2, -0.15) is 0 Å². The van der Waals surface area contributed by atoms with Crippen LogP contribution in [-0.4, -0.2) is 5.91 Å².